The minimum absolute atomic E-state index is 0.151. The van der Waals surface area contributed by atoms with Crippen LogP contribution in [0.25, 0.3) is 0 Å². The Balaban J connectivity index is 2.66. The van der Waals surface area contributed by atoms with E-state index in [0.717, 1.165) is 4.47 Å². The maximum absolute atomic E-state index is 11.8. The Hall–Kier alpha value is -1.07. The number of hydrogen-bond acceptors (Lipinski definition) is 4. The van der Waals surface area contributed by atoms with E-state index in [1.807, 2.05) is 25.9 Å². The second kappa shape index (κ2) is 6.02. The molecule has 0 saturated carbocycles. The quantitative estimate of drug-likeness (QED) is 0.684. The van der Waals surface area contributed by atoms with Crippen LogP contribution in [0.5, 0.6) is 0 Å². The first-order valence-electron chi connectivity index (χ1n) is 5.31. The van der Waals surface area contributed by atoms with E-state index in [1.165, 1.54) is 0 Å². The number of likely N-dealkylation sites (N-methyl/N-ethyl adjacent to an activating group) is 1. The van der Waals surface area contributed by atoms with E-state index in [2.05, 4.69) is 15.9 Å². The summed E-state index contributed by atoms with van der Waals surface area (Å²) in [6.45, 7) is 2.55. The number of benzene rings is 1. The molecule has 0 aromatic heterocycles. The molecule has 17 heavy (non-hydrogen) atoms. The van der Waals surface area contributed by atoms with E-state index in [9.17, 15) is 4.79 Å². The number of rotatable bonds is 4. The van der Waals surface area contributed by atoms with Gasteiger partial charge < -0.3 is 15.4 Å². The van der Waals surface area contributed by atoms with E-state index in [1.54, 1.807) is 18.2 Å². The summed E-state index contributed by atoms with van der Waals surface area (Å²) in [7, 11) is 3.86. The van der Waals surface area contributed by atoms with Crippen LogP contribution >= 0.6 is 15.9 Å². The standard InChI is InChI=1S/C12H17BrN2O2/c1-8(7-15(2)3)17-12(16)9-4-5-10(13)11(14)6-9/h4-6,8H,7,14H2,1-3H3. The number of carbonyl (C=O) groups is 1. The second-order valence-electron chi connectivity index (χ2n) is 4.21. The highest BCUT2D eigenvalue weighted by atomic mass is 79.9. The van der Waals surface area contributed by atoms with Gasteiger partial charge in [0.15, 0.2) is 0 Å². The largest absolute Gasteiger partial charge is 0.458 e. The first-order chi connectivity index (χ1) is 7.90. The van der Waals surface area contributed by atoms with Gasteiger partial charge >= 0.3 is 5.97 Å². The molecule has 1 aromatic carbocycles. The average molecular weight is 301 g/mol. The second-order valence-corrected chi connectivity index (χ2v) is 5.07. The molecule has 94 valence electrons. The van der Waals surface area contributed by atoms with Crippen molar-refractivity contribution in [3.8, 4) is 0 Å². The Morgan fingerprint density at radius 3 is 2.71 bits per heavy atom. The Bertz CT molecular complexity index is 407. The number of carbonyl (C=O) groups excluding carboxylic acids is 1. The third-order valence-corrected chi connectivity index (χ3v) is 2.88. The zero-order valence-electron chi connectivity index (χ0n) is 10.2. The predicted molar refractivity (Wildman–Crippen MR) is 72.0 cm³/mol. The number of nitrogens with two attached hydrogens (primary N) is 1. The van der Waals surface area contributed by atoms with Crippen molar-refractivity contribution in [1.82, 2.24) is 4.90 Å². The van der Waals surface area contributed by atoms with Crippen LogP contribution in [0.3, 0.4) is 0 Å². The summed E-state index contributed by atoms with van der Waals surface area (Å²) in [6, 6.07) is 5.03. The van der Waals surface area contributed by atoms with Gasteiger partial charge in [-0.25, -0.2) is 4.79 Å². The molecule has 0 spiro atoms. The van der Waals surface area contributed by atoms with Crippen molar-refractivity contribution < 1.29 is 9.53 Å². The van der Waals surface area contributed by atoms with E-state index >= 15 is 0 Å². The van der Waals surface area contributed by atoms with Crippen molar-refractivity contribution >= 4 is 27.6 Å². The number of ether oxygens (including phenoxy) is 1. The Labute approximate surface area is 110 Å². The number of anilines is 1. The molecule has 0 aliphatic heterocycles. The summed E-state index contributed by atoms with van der Waals surface area (Å²) in [5.41, 5.74) is 6.70. The van der Waals surface area contributed by atoms with Gasteiger partial charge in [0, 0.05) is 16.7 Å². The van der Waals surface area contributed by atoms with Crippen LogP contribution in [0.1, 0.15) is 17.3 Å². The summed E-state index contributed by atoms with van der Waals surface area (Å²) < 4.78 is 6.06. The van der Waals surface area contributed by atoms with Crippen LogP contribution in [0.15, 0.2) is 22.7 Å². The van der Waals surface area contributed by atoms with Crippen molar-refractivity contribution in [2.24, 2.45) is 0 Å². The molecular formula is C12H17BrN2O2. The summed E-state index contributed by atoms with van der Waals surface area (Å²) >= 11 is 3.28. The minimum atomic E-state index is -0.349. The van der Waals surface area contributed by atoms with Crippen LogP contribution in [-0.2, 0) is 4.74 Å². The molecule has 0 radical (unpaired) electrons. The molecule has 5 heteroatoms. The molecule has 0 aliphatic rings. The average Bonchev–Trinajstić information content (AvgIpc) is 2.20. The van der Waals surface area contributed by atoms with Crippen molar-refractivity contribution in [3.05, 3.63) is 28.2 Å². The maximum Gasteiger partial charge on any atom is 0.338 e. The topological polar surface area (TPSA) is 55.6 Å². The van der Waals surface area contributed by atoms with Crippen molar-refractivity contribution in [3.63, 3.8) is 0 Å². The minimum Gasteiger partial charge on any atom is -0.458 e. The highest BCUT2D eigenvalue weighted by Gasteiger charge is 2.13. The Morgan fingerprint density at radius 1 is 1.53 bits per heavy atom. The molecule has 1 atom stereocenters. The van der Waals surface area contributed by atoms with Gasteiger partial charge in [-0.05, 0) is 55.1 Å². The van der Waals surface area contributed by atoms with Crippen molar-refractivity contribution in [2.75, 3.05) is 26.4 Å². The van der Waals surface area contributed by atoms with Crippen LogP contribution in [-0.4, -0.2) is 37.6 Å². The van der Waals surface area contributed by atoms with E-state index < -0.39 is 0 Å². The molecular weight excluding hydrogens is 284 g/mol. The molecule has 0 heterocycles. The third kappa shape index (κ3) is 4.36. The molecule has 1 rings (SSSR count). The summed E-state index contributed by atoms with van der Waals surface area (Å²) in [5, 5.41) is 0. The smallest absolute Gasteiger partial charge is 0.338 e. The highest BCUT2D eigenvalue weighted by molar-refractivity contribution is 9.10. The SMILES string of the molecule is CC(CN(C)C)OC(=O)c1ccc(Br)c(N)c1. The molecule has 1 unspecified atom stereocenters. The van der Waals surface area contributed by atoms with E-state index in [0.29, 0.717) is 17.8 Å². The number of halogens is 1. The molecule has 0 saturated heterocycles. The van der Waals surface area contributed by atoms with Gasteiger partial charge in [-0.15, -0.1) is 0 Å². The highest BCUT2D eigenvalue weighted by Crippen LogP contribution is 2.20. The third-order valence-electron chi connectivity index (χ3n) is 2.16. The Morgan fingerprint density at radius 2 is 2.18 bits per heavy atom. The molecule has 2 N–H and O–H groups in total. The predicted octanol–water partition coefficient (Wildman–Crippen LogP) is 2.14. The van der Waals surface area contributed by atoms with Gasteiger partial charge in [-0.2, -0.15) is 0 Å². The monoisotopic (exact) mass is 300 g/mol. The molecule has 0 bridgehead atoms. The number of esters is 1. The summed E-state index contributed by atoms with van der Waals surface area (Å²) in [6.07, 6.45) is -0.151. The first-order valence-corrected chi connectivity index (χ1v) is 6.10. The lowest BCUT2D eigenvalue weighted by Gasteiger charge is -2.17. The zero-order valence-corrected chi connectivity index (χ0v) is 11.8. The maximum atomic E-state index is 11.8. The number of nitrogen functional groups attached to an aromatic ring is 1. The van der Waals surface area contributed by atoms with Gasteiger partial charge in [-0.1, -0.05) is 0 Å². The van der Waals surface area contributed by atoms with Crippen LogP contribution in [0, 0.1) is 0 Å². The molecule has 0 aliphatic carbocycles. The zero-order chi connectivity index (χ0) is 13.0. The van der Waals surface area contributed by atoms with Gasteiger partial charge in [0.05, 0.1) is 5.56 Å². The lowest BCUT2D eigenvalue weighted by Crippen LogP contribution is -2.28. The molecule has 0 fully saturated rings. The fourth-order valence-corrected chi connectivity index (χ4v) is 1.72. The van der Waals surface area contributed by atoms with E-state index in [4.69, 9.17) is 10.5 Å². The van der Waals surface area contributed by atoms with E-state index in [-0.39, 0.29) is 12.1 Å². The lowest BCUT2D eigenvalue weighted by atomic mass is 10.2. The number of hydrogen-bond donors (Lipinski definition) is 1. The Kier molecular flexibility index (Phi) is 4.96. The van der Waals surface area contributed by atoms with Crippen molar-refractivity contribution in [1.29, 1.82) is 0 Å². The normalized spacial score (nSPS) is 12.5. The molecule has 0 amide bonds. The summed E-state index contributed by atoms with van der Waals surface area (Å²) in [5.74, 6) is -0.349. The van der Waals surface area contributed by atoms with Crippen LogP contribution in [0.4, 0.5) is 5.69 Å². The van der Waals surface area contributed by atoms with Gasteiger partial charge in [0.1, 0.15) is 6.10 Å². The first kappa shape index (κ1) is 14.0. The lowest BCUT2D eigenvalue weighted by molar-refractivity contribution is 0.0289. The van der Waals surface area contributed by atoms with Crippen molar-refractivity contribution in [2.45, 2.75) is 13.0 Å². The number of nitrogens with zero attached hydrogens (tertiary/aromatic N) is 1. The van der Waals surface area contributed by atoms with Crippen LogP contribution < -0.4 is 5.73 Å². The van der Waals surface area contributed by atoms with Gasteiger partial charge in [0.2, 0.25) is 0 Å². The molecule has 1 aromatic rings. The van der Waals surface area contributed by atoms with Gasteiger partial charge in [-0.3, -0.25) is 0 Å². The van der Waals surface area contributed by atoms with Crippen LogP contribution in [0.2, 0.25) is 0 Å². The summed E-state index contributed by atoms with van der Waals surface area (Å²) in [4.78, 5) is 13.8. The van der Waals surface area contributed by atoms with Gasteiger partial charge in [0.25, 0.3) is 0 Å². The fourth-order valence-electron chi connectivity index (χ4n) is 1.47. The molecule has 4 nitrogen and oxygen atoms in total. The fraction of sp³-hybridized carbons (Fsp3) is 0.417.